The van der Waals surface area contributed by atoms with Gasteiger partial charge in [-0.1, -0.05) is 19.1 Å². The van der Waals surface area contributed by atoms with E-state index in [0.717, 1.165) is 12.1 Å². The monoisotopic (exact) mass is 284 g/mol. The molecular formula is C14H11F3O3. The van der Waals surface area contributed by atoms with Crippen molar-refractivity contribution in [2.24, 2.45) is 0 Å². The minimum absolute atomic E-state index is 0.0300. The fourth-order valence-corrected chi connectivity index (χ4v) is 1.84. The summed E-state index contributed by atoms with van der Waals surface area (Å²) in [5.74, 6) is -0.580. The van der Waals surface area contributed by atoms with Gasteiger partial charge in [-0.15, -0.1) is 0 Å². The molecule has 0 amide bonds. The van der Waals surface area contributed by atoms with Crippen LogP contribution in [0.25, 0.3) is 11.3 Å². The second-order valence-electron chi connectivity index (χ2n) is 4.18. The van der Waals surface area contributed by atoms with Crippen molar-refractivity contribution >= 4 is 5.97 Å². The van der Waals surface area contributed by atoms with Gasteiger partial charge in [0.2, 0.25) is 0 Å². The van der Waals surface area contributed by atoms with Gasteiger partial charge in [0.1, 0.15) is 17.1 Å². The number of aromatic carboxylic acids is 1. The van der Waals surface area contributed by atoms with E-state index in [2.05, 4.69) is 0 Å². The summed E-state index contributed by atoms with van der Waals surface area (Å²) < 4.78 is 42.7. The smallest absolute Gasteiger partial charge is 0.416 e. The highest BCUT2D eigenvalue weighted by molar-refractivity contribution is 5.90. The van der Waals surface area contributed by atoms with E-state index in [0.29, 0.717) is 17.7 Å². The Morgan fingerprint density at radius 3 is 2.25 bits per heavy atom. The number of benzene rings is 1. The van der Waals surface area contributed by atoms with Gasteiger partial charge in [-0.05, 0) is 18.2 Å². The third-order valence-corrected chi connectivity index (χ3v) is 2.86. The molecule has 3 nitrogen and oxygen atoms in total. The molecule has 1 N–H and O–H groups in total. The largest absolute Gasteiger partial charge is 0.478 e. The number of hydrogen-bond acceptors (Lipinski definition) is 2. The maximum Gasteiger partial charge on any atom is 0.416 e. The fraction of sp³-hybridized carbons (Fsp3) is 0.214. The summed E-state index contributed by atoms with van der Waals surface area (Å²) >= 11 is 0. The van der Waals surface area contributed by atoms with E-state index in [9.17, 15) is 18.0 Å². The number of carboxylic acid groups (broad SMARTS) is 1. The SMILES string of the molecule is CCc1oc(-c2ccc(C(F)(F)F)cc2)cc1C(=O)O. The van der Waals surface area contributed by atoms with Crippen LogP contribution in [0.5, 0.6) is 0 Å². The minimum Gasteiger partial charge on any atom is -0.478 e. The number of rotatable bonds is 3. The molecule has 0 fully saturated rings. The molecule has 0 radical (unpaired) electrons. The lowest BCUT2D eigenvalue weighted by Crippen LogP contribution is -2.03. The standard InChI is InChI=1S/C14H11F3O3/c1-2-11-10(13(18)19)7-12(20-11)8-3-5-9(6-4-8)14(15,16)17/h3-7H,2H2,1H3,(H,18,19). The third kappa shape index (κ3) is 2.68. The molecule has 0 bridgehead atoms. The van der Waals surface area contributed by atoms with Gasteiger partial charge in [0, 0.05) is 12.0 Å². The first-order valence-corrected chi connectivity index (χ1v) is 5.86. The molecule has 2 aromatic rings. The van der Waals surface area contributed by atoms with Crippen LogP contribution in [-0.4, -0.2) is 11.1 Å². The van der Waals surface area contributed by atoms with Crippen molar-refractivity contribution in [3.8, 4) is 11.3 Å². The molecule has 2 rings (SSSR count). The molecule has 1 heterocycles. The normalized spacial score (nSPS) is 11.6. The predicted octanol–water partition coefficient (Wildman–Crippen LogP) is 4.23. The van der Waals surface area contributed by atoms with Crippen LogP contribution >= 0.6 is 0 Å². The number of aryl methyl sites for hydroxylation is 1. The second-order valence-corrected chi connectivity index (χ2v) is 4.18. The van der Waals surface area contributed by atoms with Crippen molar-refractivity contribution in [1.82, 2.24) is 0 Å². The minimum atomic E-state index is -4.40. The van der Waals surface area contributed by atoms with Gasteiger partial charge < -0.3 is 9.52 Å². The third-order valence-electron chi connectivity index (χ3n) is 2.86. The van der Waals surface area contributed by atoms with Crippen LogP contribution < -0.4 is 0 Å². The molecule has 0 spiro atoms. The van der Waals surface area contributed by atoms with Crippen LogP contribution in [0.1, 0.15) is 28.6 Å². The quantitative estimate of drug-likeness (QED) is 0.917. The molecule has 0 aliphatic carbocycles. The van der Waals surface area contributed by atoms with E-state index in [1.54, 1.807) is 6.92 Å². The van der Waals surface area contributed by atoms with E-state index in [-0.39, 0.29) is 11.3 Å². The zero-order chi connectivity index (χ0) is 14.9. The lowest BCUT2D eigenvalue weighted by Gasteiger charge is -2.06. The van der Waals surface area contributed by atoms with Crippen molar-refractivity contribution in [2.75, 3.05) is 0 Å². The molecule has 0 atom stereocenters. The van der Waals surface area contributed by atoms with Gasteiger partial charge in [0.05, 0.1) is 5.56 Å². The first-order chi connectivity index (χ1) is 9.32. The van der Waals surface area contributed by atoms with Crippen molar-refractivity contribution in [2.45, 2.75) is 19.5 Å². The average molecular weight is 284 g/mol. The molecule has 0 aliphatic rings. The Labute approximate surface area is 112 Å². The molecule has 0 unspecified atom stereocenters. The van der Waals surface area contributed by atoms with Crippen LogP contribution in [0.15, 0.2) is 34.7 Å². The number of alkyl halides is 3. The number of carboxylic acids is 1. The summed E-state index contributed by atoms with van der Waals surface area (Å²) in [6.07, 6.45) is -4.01. The van der Waals surface area contributed by atoms with E-state index < -0.39 is 17.7 Å². The fourth-order valence-electron chi connectivity index (χ4n) is 1.84. The maximum absolute atomic E-state index is 12.4. The van der Waals surface area contributed by atoms with Gasteiger partial charge in [-0.2, -0.15) is 13.2 Å². The summed E-state index contributed by atoms with van der Waals surface area (Å²) in [6.45, 7) is 1.74. The lowest BCUT2D eigenvalue weighted by atomic mass is 10.1. The highest BCUT2D eigenvalue weighted by atomic mass is 19.4. The highest BCUT2D eigenvalue weighted by Gasteiger charge is 2.30. The maximum atomic E-state index is 12.4. The van der Waals surface area contributed by atoms with Crippen molar-refractivity contribution < 1.29 is 27.5 Å². The summed E-state index contributed by atoms with van der Waals surface area (Å²) in [4.78, 5) is 11.0. The molecule has 0 aliphatic heterocycles. The molecule has 6 heteroatoms. The first-order valence-electron chi connectivity index (χ1n) is 5.86. The van der Waals surface area contributed by atoms with Gasteiger partial charge in [-0.3, -0.25) is 0 Å². The molecule has 1 aromatic carbocycles. The molecule has 0 saturated carbocycles. The van der Waals surface area contributed by atoms with E-state index in [4.69, 9.17) is 9.52 Å². The lowest BCUT2D eigenvalue weighted by molar-refractivity contribution is -0.137. The van der Waals surface area contributed by atoms with E-state index >= 15 is 0 Å². The van der Waals surface area contributed by atoms with Crippen LogP contribution in [0.2, 0.25) is 0 Å². The van der Waals surface area contributed by atoms with Crippen molar-refractivity contribution in [1.29, 1.82) is 0 Å². The number of hydrogen-bond donors (Lipinski definition) is 1. The Balaban J connectivity index is 2.39. The Hall–Kier alpha value is -2.24. The Bertz CT molecular complexity index is 624. The van der Waals surface area contributed by atoms with Crippen molar-refractivity contribution in [3.05, 3.63) is 47.2 Å². The molecule has 20 heavy (non-hydrogen) atoms. The highest BCUT2D eigenvalue weighted by Crippen LogP contribution is 2.32. The van der Waals surface area contributed by atoms with Crippen molar-refractivity contribution in [3.63, 3.8) is 0 Å². The Morgan fingerprint density at radius 2 is 1.85 bits per heavy atom. The summed E-state index contributed by atoms with van der Waals surface area (Å²) in [6, 6.07) is 5.71. The first kappa shape index (κ1) is 14.2. The number of furan rings is 1. The van der Waals surface area contributed by atoms with Crippen LogP contribution in [0.3, 0.4) is 0 Å². The zero-order valence-electron chi connectivity index (χ0n) is 10.5. The number of carbonyl (C=O) groups is 1. The van der Waals surface area contributed by atoms with E-state index in [1.807, 2.05) is 0 Å². The van der Waals surface area contributed by atoms with Gasteiger partial charge in [0.25, 0.3) is 0 Å². The summed E-state index contributed by atoms with van der Waals surface area (Å²) in [7, 11) is 0. The predicted molar refractivity (Wildman–Crippen MR) is 65.5 cm³/mol. The molecular weight excluding hydrogens is 273 g/mol. The molecule has 0 saturated heterocycles. The number of halogens is 3. The van der Waals surface area contributed by atoms with Gasteiger partial charge >= 0.3 is 12.1 Å². The van der Waals surface area contributed by atoms with Crippen LogP contribution in [0.4, 0.5) is 13.2 Å². The summed E-state index contributed by atoms with van der Waals surface area (Å²) in [5.41, 5.74) is -0.329. The summed E-state index contributed by atoms with van der Waals surface area (Å²) in [5, 5.41) is 9.00. The topological polar surface area (TPSA) is 50.4 Å². The van der Waals surface area contributed by atoms with Crippen LogP contribution in [0, 0.1) is 0 Å². The average Bonchev–Trinajstić information content (AvgIpc) is 2.82. The zero-order valence-corrected chi connectivity index (χ0v) is 10.5. The molecule has 1 aromatic heterocycles. The van der Waals surface area contributed by atoms with Gasteiger partial charge in [-0.25, -0.2) is 4.79 Å². The molecule has 106 valence electrons. The van der Waals surface area contributed by atoms with Gasteiger partial charge in [0.15, 0.2) is 0 Å². The second kappa shape index (κ2) is 5.03. The van der Waals surface area contributed by atoms with E-state index in [1.165, 1.54) is 18.2 Å². The Morgan fingerprint density at radius 1 is 1.25 bits per heavy atom. The van der Waals surface area contributed by atoms with Crippen LogP contribution in [-0.2, 0) is 12.6 Å². The Kier molecular flexibility index (Phi) is 3.57.